The summed E-state index contributed by atoms with van der Waals surface area (Å²) in [6.07, 6.45) is 0. The quantitative estimate of drug-likeness (QED) is 0.785. The highest BCUT2D eigenvalue weighted by molar-refractivity contribution is 5.24. The van der Waals surface area contributed by atoms with Crippen LogP contribution in [0.3, 0.4) is 0 Å². The molecule has 0 saturated carbocycles. The maximum absolute atomic E-state index is 13.2. The van der Waals surface area contributed by atoms with Crippen molar-refractivity contribution >= 4 is 0 Å². The minimum Gasteiger partial charge on any atom is -0.324 e. The summed E-state index contributed by atoms with van der Waals surface area (Å²) < 4.78 is 38.9. The molecule has 4 heteroatoms. The number of rotatable bonds is 2. The molecule has 0 radical (unpaired) electrons. The molecule has 0 aliphatic heterocycles. The second-order valence-electron chi connectivity index (χ2n) is 3.55. The summed E-state index contributed by atoms with van der Waals surface area (Å²) in [6, 6.07) is 0.525. The molecule has 14 heavy (non-hydrogen) atoms. The zero-order valence-corrected chi connectivity index (χ0v) is 8.02. The number of hydrogen-bond acceptors (Lipinski definition) is 1. The predicted molar refractivity (Wildman–Crippen MR) is 48.1 cm³/mol. The van der Waals surface area contributed by atoms with Crippen LogP contribution in [-0.4, -0.2) is 0 Å². The molecule has 1 aromatic rings. The molecule has 0 fully saturated rings. The SMILES string of the molecule is CC(C)C(N)c1c(F)cc(F)cc1F. The molecule has 0 saturated heterocycles. The molecule has 78 valence electrons. The van der Waals surface area contributed by atoms with Gasteiger partial charge in [-0.05, 0) is 5.92 Å². The first kappa shape index (κ1) is 11.0. The summed E-state index contributed by atoms with van der Waals surface area (Å²) in [5.41, 5.74) is 5.34. The van der Waals surface area contributed by atoms with Gasteiger partial charge in [-0.25, -0.2) is 13.2 Å². The smallest absolute Gasteiger partial charge is 0.133 e. The molecule has 1 rings (SSSR count). The molecule has 0 heterocycles. The fraction of sp³-hybridized carbons (Fsp3) is 0.400. The lowest BCUT2D eigenvalue weighted by Crippen LogP contribution is -2.20. The van der Waals surface area contributed by atoms with E-state index in [1.807, 2.05) is 0 Å². The first-order valence-electron chi connectivity index (χ1n) is 4.33. The Labute approximate surface area is 80.7 Å². The van der Waals surface area contributed by atoms with Crippen LogP contribution in [0.1, 0.15) is 25.5 Å². The van der Waals surface area contributed by atoms with Gasteiger partial charge in [0.1, 0.15) is 17.5 Å². The summed E-state index contributed by atoms with van der Waals surface area (Å²) >= 11 is 0. The van der Waals surface area contributed by atoms with E-state index >= 15 is 0 Å². The van der Waals surface area contributed by atoms with Crippen LogP contribution >= 0.6 is 0 Å². The molecule has 0 aliphatic rings. The van der Waals surface area contributed by atoms with Gasteiger partial charge in [0.15, 0.2) is 0 Å². The van der Waals surface area contributed by atoms with Crippen molar-refractivity contribution < 1.29 is 13.2 Å². The summed E-state index contributed by atoms with van der Waals surface area (Å²) in [5.74, 6) is -2.89. The Balaban J connectivity index is 3.20. The Morgan fingerprint density at radius 2 is 1.50 bits per heavy atom. The van der Waals surface area contributed by atoms with E-state index in [4.69, 9.17) is 5.73 Å². The topological polar surface area (TPSA) is 26.0 Å². The Morgan fingerprint density at radius 3 is 1.86 bits per heavy atom. The van der Waals surface area contributed by atoms with Crippen molar-refractivity contribution in [1.29, 1.82) is 0 Å². The molecule has 0 aliphatic carbocycles. The normalized spacial score (nSPS) is 13.4. The molecular formula is C10H12F3N. The van der Waals surface area contributed by atoms with Gasteiger partial charge in [0, 0.05) is 23.7 Å². The third kappa shape index (κ3) is 2.07. The highest BCUT2D eigenvalue weighted by Crippen LogP contribution is 2.25. The van der Waals surface area contributed by atoms with E-state index < -0.39 is 23.5 Å². The third-order valence-corrected chi connectivity index (χ3v) is 2.10. The standard InChI is InChI=1S/C10H12F3N/c1-5(2)10(14)9-7(12)3-6(11)4-8(9)13/h3-5,10H,14H2,1-2H3. The van der Waals surface area contributed by atoms with Crippen molar-refractivity contribution in [1.82, 2.24) is 0 Å². The lowest BCUT2D eigenvalue weighted by atomic mass is 9.96. The van der Waals surface area contributed by atoms with E-state index in [1.54, 1.807) is 13.8 Å². The van der Waals surface area contributed by atoms with Gasteiger partial charge < -0.3 is 5.73 Å². The zero-order chi connectivity index (χ0) is 10.9. The molecule has 1 nitrogen and oxygen atoms in total. The first-order chi connectivity index (χ1) is 6.43. The molecule has 0 amide bonds. The monoisotopic (exact) mass is 203 g/mol. The van der Waals surface area contributed by atoms with Gasteiger partial charge in [0.25, 0.3) is 0 Å². The number of benzene rings is 1. The Morgan fingerprint density at radius 1 is 1.07 bits per heavy atom. The maximum atomic E-state index is 13.2. The van der Waals surface area contributed by atoms with Gasteiger partial charge in [-0.2, -0.15) is 0 Å². The van der Waals surface area contributed by atoms with Crippen molar-refractivity contribution in [3.05, 3.63) is 35.1 Å². The van der Waals surface area contributed by atoms with Crippen LogP contribution in [0.5, 0.6) is 0 Å². The van der Waals surface area contributed by atoms with E-state index in [-0.39, 0.29) is 11.5 Å². The second kappa shape index (κ2) is 4.00. The second-order valence-corrected chi connectivity index (χ2v) is 3.55. The fourth-order valence-corrected chi connectivity index (χ4v) is 1.21. The van der Waals surface area contributed by atoms with Crippen LogP contribution in [-0.2, 0) is 0 Å². The average Bonchev–Trinajstić information content (AvgIpc) is 2.01. The van der Waals surface area contributed by atoms with E-state index in [0.717, 1.165) is 0 Å². The van der Waals surface area contributed by atoms with Gasteiger partial charge in [0.2, 0.25) is 0 Å². The molecule has 1 atom stereocenters. The minimum atomic E-state index is -0.931. The summed E-state index contributed by atoms with van der Waals surface area (Å²) in [4.78, 5) is 0. The third-order valence-electron chi connectivity index (χ3n) is 2.10. The van der Waals surface area contributed by atoms with Crippen LogP contribution in [0, 0.1) is 23.4 Å². The Hall–Kier alpha value is -1.03. The van der Waals surface area contributed by atoms with Gasteiger partial charge in [-0.3, -0.25) is 0 Å². The van der Waals surface area contributed by atoms with Crippen LogP contribution in [0.2, 0.25) is 0 Å². The zero-order valence-electron chi connectivity index (χ0n) is 8.02. The predicted octanol–water partition coefficient (Wildman–Crippen LogP) is 2.76. The first-order valence-corrected chi connectivity index (χ1v) is 4.33. The van der Waals surface area contributed by atoms with E-state index in [2.05, 4.69) is 0 Å². The van der Waals surface area contributed by atoms with Crippen molar-refractivity contribution in [2.24, 2.45) is 11.7 Å². The summed E-state index contributed by atoms with van der Waals surface area (Å²) in [7, 11) is 0. The average molecular weight is 203 g/mol. The summed E-state index contributed by atoms with van der Waals surface area (Å²) in [6.45, 7) is 3.49. The largest absolute Gasteiger partial charge is 0.324 e. The Kier molecular flexibility index (Phi) is 3.16. The van der Waals surface area contributed by atoms with Crippen LogP contribution in [0.25, 0.3) is 0 Å². The molecule has 0 bridgehead atoms. The summed E-state index contributed by atoms with van der Waals surface area (Å²) in [5, 5.41) is 0. The van der Waals surface area contributed by atoms with Crippen molar-refractivity contribution in [2.45, 2.75) is 19.9 Å². The Bertz CT molecular complexity index is 313. The number of halogens is 3. The van der Waals surface area contributed by atoms with Gasteiger partial charge in [-0.15, -0.1) is 0 Å². The van der Waals surface area contributed by atoms with Crippen molar-refractivity contribution in [3.8, 4) is 0 Å². The van der Waals surface area contributed by atoms with Gasteiger partial charge in [0.05, 0.1) is 0 Å². The van der Waals surface area contributed by atoms with Crippen molar-refractivity contribution in [3.63, 3.8) is 0 Å². The maximum Gasteiger partial charge on any atom is 0.133 e. The molecule has 1 unspecified atom stereocenters. The van der Waals surface area contributed by atoms with Crippen LogP contribution in [0.15, 0.2) is 12.1 Å². The van der Waals surface area contributed by atoms with Gasteiger partial charge in [-0.1, -0.05) is 13.8 Å². The lowest BCUT2D eigenvalue weighted by molar-refractivity contribution is 0.446. The number of nitrogens with two attached hydrogens (primary N) is 1. The van der Waals surface area contributed by atoms with Crippen LogP contribution < -0.4 is 5.73 Å². The van der Waals surface area contributed by atoms with E-state index in [1.165, 1.54) is 0 Å². The van der Waals surface area contributed by atoms with Gasteiger partial charge >= 0.3 is 0 Å². The van der Waals surface area contributed by atoms with E-state index in [9.17, 15) is 13.2 Å². The van der Waals surface area contributed by atoms with Crippen LogP contribution in [0.4, 0.5) is 13.2 Å². The fourth-order valence-electron chi connectivity index (χ4n) is 1.21. The molecular weight excluding hydrogens is 191 g/mol. The minimum absolute atomic E-state index is 0.107. The van der Waals surface area contributed by atoms with E-state index in [0.29, 0.717) is 12.1 Å². The molecule has 2 N–H and O–H groups in total. The van der Waals surface area contributed by atoms with Crippen molar-refractivity contribution in [2.75, 3.05) is 0 Å². The highest BCUT2D eigenvalue weighted by Gasteiger charge is 2.20. The molecule has 0 spiro atoms. The lowest BCUT2D eigenvalue weighted by Gasteiger charge is -2.17. The molecule has 1 aromatic carbocycles. The number of hydrogen-bond donors (Lipinski definition) is 1. The molecule has 0 aromatic heterocycles. The highest BCUT2D eigenvalue weighted by atomic mass is 19.1.